The molecule has 2 N–H and O–H groups in total. The first-order valence-electron chi connectivity index (χ1n) is 10.2. The molecule has 2 heterocycles. The molecule has 0 bridgehead atoms. The third kappa shape index (κ3) is 4.37. The molecule has 0 aliphatic rings. The minimum Gasteiger partial charge on any atom is -0.496 e. The van der Waals surface area contributed by atoms with Gasteiger partial charge in [-0.2, -0.15) is 0 Å². The average Bonchev–Trinajstić information content (AvgIpc) is 3.51. The molecule has 2 aromatic carbocycles. The van der Waals surface area contributed by atoms with Gasteiger partial charge in [0.2, 0.25) is 5.91 Å². The van der Waals surface area contributed by atoms with Crippen molar-refractivity contribution in [1.82, 2.24) is 10.3 Å². The third-order valence-corrected chi connectivity index (χ3v) is 5.46. The lowest BCUT2D eigenvalue weighted by molar-refractivity contribution is -0.121. The molecule has 4 aromatic rings. The number of amides is 1. The van der Waals surface area contributed by atoms with Crippen molar-refractivity contribution in [2.75, 3.05) is 14.2 Å². The zero-order valence-corrected chi connectivity index (χ0v) is 17.9. The smallest absolute Gasteiger partial charge is 0.337 e. The summed E-state index contributed by atoms with van der Waals surface area (Å²) in [5.41, 5.74) is 3.22. The number of H-pyrrole nitrogens is 1. The summed E-state index contributed by atoms with van der Waals surface area (Å²) in [6.45, 7) is 0.317. The van der Waals surface area contributed by atoms with E-state index in [0.717, 1.165) is 27.8 Å². The predicted octanol–water partition coefficient (Wildman–Crippen LogP) is 4.39. The number of carbonyl (C=O) groups excluding carboxylic acids is 2. The molecule has 0 unspecified atom stereocenters. The van der Waals surface area contributed by atoms with E-state index < -0.39 is 5.97 Å². The van der Waals surface area contributed by atoms with Crippen LogP contribution < -0.4 is 10.1 Å². The van der Waals surface area contributed by atoms with Gasteiger partial charge in [0.05, 0.1) is 32.6 Å². The van der Waals surface area contributed by atoms with Gasteiger partial charge in [0.15, 0.2) is 0 Å². The number of benzene rings is 2. The quantitative estimate of drug-likeness (QED) is 0.403. The highest BCUT2D eigenvalue weighted by Gasteiger charge is 2.23. The maximum Gasteiger partial charge on any atom is 0.337 e. The summed E-state index contributed by atoms with van der Waals surface area (Å²) in [6.07, 6.45) is 3.69. The summed E-state index contributed by atoms with van der Waals surface area (Å²) < 4.78 is 15.7. The second-order valence-corrected chi connectivity index (χ2v) is 7.35. The van der Waals surface area contributed by atoms with Crippen LogP contribution in [0.1, 0.15) is 39.6 Å². The van der Waals surface area contributed by atoms with Gasteiger partial charge in [-0.1, -0.05) is 18.2 Å². The van der Waals surface area contributed by atoms with Crippen molar-refractivity contribution in [3.63, 3.8) is 0 Å². The molecule has 32 heavy (non-hydrogen) atoms. The number of nitrogens with one attached hydrogen (secondary N) is 2. The van der Waals surface area contributed by atoms with Gasteiger partial charge in [-0.3, -0.25) is 4.79 Å². The summed E-state index contributed by atoms with van der Waals surface area (Å²) in [5.74, 6) is 0.631. The molecular formula is C25H24N2O5. The molecule has 0 aliphatic heterocycles. The van der Waals surface area contributed by atoms with Crippen molar-refractivity contribution >= 4 is 22.8 Å². The lowest BCUT2D eigenvalue weighted by Gasteiger charge is -2.18. The molecule has 4 rings (SSSR count). The SMILES string of the molecule is COC(=O)c1ccc([C@@H](CC(=O)NCc2ccco2)c2c[nH]c3cccc(OC)c23)cc1. The van der Waals surface area contributed by atoms with Crippen LogP contribution in [-0.2, 0) is 16.1 Å². The van der Waals surface area contributed by atoms with Crippen LogP contribution in [0, 0.1) is 0 Å². The van der Waals surface area contributed by atoms with Gasteiger partial charge in [-0.05, 0) is 47.5 Å². The Hall–Kier alpha value is -4.00. The highest BCUT2D eigenvalue weighted by Crippen LogP contribution is 2.38. The number of carbonyl (C=O) groups is 2. The number of furan rings is 1. The predicted molar refractivity (Wildman–Crippen MR) is 120 cm³/mol. The second-order valence-electron chi connectivity index (χ2n) is 7.35. The minimum atomic E-state index is -0.405. The van der Waals surface area contributed by atoms with Crippen molar-refractivity contribution < 1.29 is 23.5 Å². The molecule has 1 atom stereocenters. The standard InChI is InChI=1S/C25H24N2O5/c1-30-22-7-3-6-21-24(22)20(15-26-21)19(13-23(28)27-14-18-5-4-12-32-18)16-8-10-17(11-9-16)25(29)31-2/h3-12,15,19,26H,13-14H2,1-2H3,(H,27,28)/t19-/m1/s1. The number of esters is 1. The Balaban J connectivity index is 1.68. The van der Waals surface area contributed by atoms with E-state index in [1.165, 1.54) is 7.11 Å². The van der Waals surface area contributed by atoms with Gasteiger partial charge in [0.25, 0.3) is 0 Å². The highest BCUT2D eigenvalue weighted by molar-refractivity contribution is 5.92. The molecule has 0 saturated heterocycles. The number of hydrogen-bond acceptors (Lipinski definition) is 5. The number of aromatic amines is 1. The van der Waals surface area contributed by atoms with Gasteiger partial charge in [-0.15, -0.1) is 0 Å². The van der Waals surface area contributed by atoms with E-state index in [1.807, 2.05) is 42.6 Å². The average molecular weight is 432 g/mol. The van der Waals surface area contributed by atoms with Gasteiger partial charge in [0.1, 0.15) is 11.5 Å². The molecule has 0 saturated carbocycles. The Morgan fingerprint density at radius 2 is 1.88 bits per heavy atom. The van der Waals surface area contributed by atoms with Crippen LogP contribution in [0.2, 0.25) is 0 Å². The zero-order valence-electron chi connectivity index (χ0n) is 17.9. The molecule has 0 aliphatic carbocycles. The fraction of sp³-hybridized carbons (Fsp3) is 0.200. The van der Waals surface area contributed by atoms with E-state index in [9.17, 15) is 9.59 Å². The highest BCUT2D eigenvalue weighted by atomic mass is 16.5. The zero-order chi connectivity index (χ0) is 22.5. The summed E-state index contributed by atoms with van der Waals surface area (Å²) in [4.78, 5) is 28.0. The van der Waals surface area contributed by atoms with Crippen LogP contribution >= 0.6 is 0 Å². The van der Waals surface area contributed by atoms with E-state index in [4.69, 9.17) is 13.9 Å². The molecule has 0 spiro atoms. The van der Waals surface area contributed by atoms with Crippen molar-refractivity contribution in [2.24, 2.45) is 0 Å². The molecule has 1 amide bonds. The van der Waals surface area contributed by atoms with Gasteiger partial charge >= 0.3 is 5.97 Å². The summed E-state index contributed by atoms with van der Waals surface area (Å²) in [7, 11) is 2.97. The maximum atomic E-state index is 12.9. The second kappa shape index (κ2) is 9.43. The normalized spacial score (nSPS) is 11.8. The minimum absolute atomic E-state index is 0.118. The number of ether oxygens (including phenoxy) is 2. The molecule has 0 radical (unpaired) electrons. The fourth-order valence-electron chi connectivity index (χ4n) is 3.85. The Morgan fingerprint density at radius 1 is 1.06 bits per heavy atom. The summed E-state index contributed by atoms with van der Waals surface area (Å²) in [6, 6.07) is 16.5. The van der Waals surface area contributed by atoms with Crippen LogP contribution in [0.5, 0.6) is 5.75 Å². The van der Waals surface area contributed by atoms with E-state index in [0.29, 0.717) is 17.9 Å². The first kappa shape index (κ1) is 21.2. The monoisotopic (exact) mass is 432 g/mol. The number of methoxy groups -OCH3 is 2. The first-order chi connectivity index (χ1) is 15.6. The summed E-state index contributed by atoms with van der Waals surface area (Å²) in [5, 5.41) is 3.84. The number of fused-ring (bicyclic) bond motifs is 1. The van der Waals surface area contributed by atoms with Gasteiger partial charge in [-0.25, -0.2) is 4.79 Å². The van der Waals surface area contributed by atoms with Crippen LogP contribution in [0.15, 0.2) is 71.5 Å². The van der Waals surface area contributed by atoms with E-state index in [-0.39, 0.29) is 18.2 Å². The van der Waals surface area contributed by atoms with Gasteiger partial charge in [0, 0.05) is 29.4 Å². The Labute approximate surface area is 185 Å². The van der Waals surface area contributed by atoms with Crippen LogP contribution in [-0.4, -0.2) is 31.1 Å². The topological polar surface area (TPSA) is 93.6 Å². The van der Waals surface area contributed by atoms with Crippen LogP contribution in [0.3, 0.4) is 0 Å². The van der Waals surface area contributed by atoms with Crippen molar-refractivity contribution in [1.29, 1.82) is 0 Å². The fourth-order valence-corrected chi connectivity index (χ4v) is 3.85. The number of hydrogen-bond donors (Lipinski definition) is 2. The van der Waals surface area contributed by atoms with Crippen molar-refractivity contribution in [2.45, 2.75) is 18.9 Å². The lowest BCUT2D eigenvalue weighted by Crippen LogP contribution is -2.24. The Kier molecular flexibility index (Phi) is 6.26. The number of rotatable bonds is 8. The largest absolute Gasteiger partial charge is 0.496 e. The first-order valence-corrected chi connectivity index (χ1v) is 10.2. The van der Waals surface area contributed by atoms with Crippen LogP contribution in [0.4, 0.5) is 0 Å². The molecule has 0 fully saturated rings. The van der Waals surface area contributed by atoms with Crippen molar-refractivity contribution in [3.05, 3.63) is 89.5 Å². The Morgan fingerprint density at radius 3 is 2.56 bits per heavy atom. The molecule has 7 nitrogen and oxygen atoms in total. The van der Waals surface area contributed by atoms with E-state index in [1.54, 1.807) is 31.6 Å². The Bertz CT molecular complexity index is 1210. The summed E-state index contributed by atoms with van der Waals surface area (Å²) >= 11 is 0. The molecule has 164 valence electrons. The maximum absolute atomic E-state index is 12.9. The lowest BCUT2D eigenvalue weighted by atomic mass is 9.87. The molecular weight excluding hydrogens is 408 g/mol. The van der Waals surface area contributed by atoms with E-state index >= 15 is 0 Å². The van der Waals surface area contributed by atoms with Crippen molar-refractivity contribution in [3.8, 4) is 5.75 Å². The molecule has 2 aromatic heterocycles. The molecule has 7 heteroatoms. The van der Waals surface area contributed by atoms with Gasteiger partial charge < -0.3 is 24.2 Å². The third-order valence-electron chi connectivity index (χ3n) is 5.46. The number of aromatic nitrogens is 1. The van der Waals surface area contributed by atoms with Crippen LogP contribution in [0.25, 0.3) is 10.9 Å². The van der Waals surface area contributed by atoms with E-state index in [2.05, 4.69) is 10.3 Å².